The molecule has 11 rings (SSSR count). The minimum atomic E-state index is -0.852. The molecule has 5 heterocycles. The molecule has 4 fully saturated rings. The lowest BCUT2D eigenvalue weighted by Crippen LogP contribution is -2.51. The molecule has 16 nitrogen and oxygen atoms in total. The number of thioether (sulfide) groups is 1. The van der Waals surface area contributed by atoms with Crippen molar-refractivity contribution in [1.82, 2.24) is 35.2 Å². The second kappa shape index (κ2) is 34.5. The molecule has 534 valence electrons. The van der Waals surface area contributed by atoms with Crippen molar-refractivity contribution in [2.45, 2.75) is 154 Å². The Bertz CT molecular complexity index is 3780. The number of Topliss-reactive ketones (excluding diaryl/α,β-unsaturated/α-hetero) is 2. The van der Waals surface area contributed by atoms with Crippen molar-refractivity contribution in [2.75, 3.05) is 108 Å². The largest absolute Gasteiger partial charge is 0.391 e. The Hall–Kier alpha value is -6.74. The Labute approximate surface area is 606 Å². The summed E-state index contributed by atoms with van der Waals surface area (Å²) in [4.78, 5) is 88.2. The molecule has 0 radical (unpaired) electrons. The highest BCUT2D eigenvalue weighted by molar-refractivity contribution is 7.99. The maximum Gasteiger partial charge on any atom is 0.251 e. The maximum atomic E-state index is 14.6. The third-order valence-electron chi connectivity index (χ3n) is 21.3. The number of ether oxygens (including phenoxy) is 1. The Balaban J connectivity index is 0.638. The number of piperazine rings is 1. The van der Waals surface area contributed by atoms with Crippen LogP contribution in [-0.4, -0.2) is 181 Å². The second-order valence-corrected chi connectivity index (χ2v) is 32.6. The zero-order valence-electron chi connectivity index (χ0n) is 59.7. The lowest BCUT2D eigenvalue weighted by atomic mass is 9.71. The number of likely N-dealkylation sites (tertiary alicyclic amines) is 2. The number of thiazole rings is 1. The van der Waals surface area contributed by atoms with E-state index in [1.54, 1.807) is 11.3 Å². The number of nitrogens with one attached hydrogen (secondary N) is 3. The average Bonchev–Trinajstić information content (AvgIpc) is 1.63. The van der Waals surface area contributed by atoms with Crippen LogP contribution in [0.25, 0.3) is 16.0 Å². The van der Waals surface area contributed by atoms with E-state index in [4.69, 9.17) is 16.3 Å². The number of anilines is 2. The summed E-state index contributed by atoms with van der Waals surface area (Å²) >= 11 is 9.93. The average molecular weight is 1420 g/mol. The number of hydrogen-bond acceptors (Lipinski definition) is 15. The molecule has 5 aliphatic rings. The minimum absolute atomic E-state index is 0.00443. The van der Waals surface area contributed by atoms with Gasteiger partial charge in [-0.3, -0.25) is 33.8 Å². The van der Waals surface area contributed by atoms with Crippen LogP contribution < -0.4 is 20.9 Å². The highest BCUT2D eigenvalue weighted by Gasteiger charge is 2.45. The lowest BCUT2D eigenvalue weighted by molar-refractivity contribution is -0.146. The quantitative estimate of drug-likeness (QED) is 0.0269. The first-order valence-electron chi connectivity index (χ1n) is 36.3. The molecule has 3 amide bonds. The number of hydrogen-bond donors (Lipinski definition) is 4. The van der Waals surface area contributed by atoms with Crippen LogP contribution in [0.2, 0.25) is 5.02 Å². The van der Waals surface area contributed by atoms with Gasteiger partial charge in [-0.2, -0.15) is 0 Å². The fraction of sp³-hybridized carbons (Fsp3) is 0.506. The predicted octanol–water partition coefficient (Wildman–Crippen LogP) is 13.4. The van der Waals surface area contributed by atoms with Crippen molar-refractivity contribution < 1.29 is 33.8 Å². The third kappa shape index (κ3) is 20.3. The van der Waals surface area contributed by atoms with E-state index >= 15 is 0 Å². The molecule has 19 heteroatoms. The highest BCUT2D eigenvalue weighted by atomic mass is 35.5. The van der Waals surface area contributed by atoms with Crippen molar-refractivity contribution in [2.24, 2.45) is 16.7 Å². The van der Waals surface area contributed by atoms with E-state index in [9.17, 15) is 29.1 Å². The molecular weight excluding hydrogens is 1310 g/mol. The molecule has 4 N–H and O–H groups in total. The summed E-state index contributed by atoms with van der Waals surface area (Å²) in [6.07, 6.45) is 4.74. The predicted molar refractivity (Wildman–Crippen MR) is 405 cm³/mol. The molecule has 1 aliphatic carbocycles. The number of carbonyl (C=O) groups is 5. The van der Waals surface area contributed by atoms with Gasteiger partial charge in [0.1, 0.15) is 5.78 Å². The Morgan fingerprint density at radius 2 is 1.56 bits per heavy atom. The molecule has 5 aromatic carbocycles. The number of benzene rings is 5. The third-order valence-corrected chi connectivity index (χ3v) is 23.7. The summed E-state index contributed by atoms with van der Waals surface area (Å²) in [5.41, 5.74) is 13.4. The van der Waals surface area contributed by atoms with E-state index in [1.165, 1.54) is 26.5 Å². The van der Waals surface area contributed by atoms with Gasteiger partial charge in [-0.05, 0) is 164 Å². The number of nitrogens with zero attached hydrogens (tertiary/aromatic N) is 6. The number of carbonyl (C=O) groups excluding carboxylic acids is 5. The summed E-state index contributed by atoms with van der Waals surface area (Å²) in [5, 5.41) is 21.9. The fourth-order valence-corrected chi connectivity index (χ4v) is 17.4. The summed E-state index contributed by atoms with van der Waals surface area (Å²) < 4.78 is 5.60. The Kier molecular flexibility index (Phi) is 25.7. The van der Waals surface area contributed by atoms with Crippen molar-refractivity contribution in [3.8, 4) is 10.4 Å². The number of β-amino-alcohol motifs (C(OH)–C–C–N with tert-alkyl or cyclic N) is 1. The molecule has 6 aromatic rings. The minimum Gasteiger partial charge on any atom is -0.391 e. The van der Waals surface area contributed by atoms with Crippen LogP contribution in [0, 0.1) is 30.6 Å². The molecule has 4 saturated heterocycles. The van der Waals surface area contributed by atoms with E-state index in [0.29, 0.717) is 18.7 Å². The van der Waals surface area contributed by atoms with Crippen molar-refractivity contribution in [3.63, 3.8) is 0 Å². The van der Waals surface area contributed by atoms with Gasteiger partial charge in [0, 0.05) is 148 Å². The number of aliphatic hydroxyl groups is 1. The van der Waals surface area contributed by atoms with Crippen LogP contribution in [0.1, 0.15) is 143 Å². The number of allylic oxidation sites excluding steroid dienone is 1. The summed E-state index contributed by atoms with van der Waals surface area (Å²) in [7, 11) is 0. The summed E-state index contributed by atoms with van der Waals surface area (Å²) in [5.74, 6) is -1.13. The highest BCUT2D eigenvalue weighted by Crippen LogP contribution is 2.45. The molecule has 0 bridgehead atoms. The number of aryl methyl sites for hydroxylation is 2. The molecule has 4 aliphatic heterocycles. The number of morpholine rings is 1. The van der Waals surface area contributed by atoms with Gasteiger partial charge in [-0.25, -0.2) is 4.98 Å². The second-order valence-electron chi connectivity index (χ2n) is 30.3. The number of aromatic nitrogens is 1. The normalized spacial score (nSPS) is 21.4. The zero-order chi connectivity index (χ0) is 70.5. The van der Waals surface area contributed by atoms with Crippen LogP contribution in [0.4, 0.5) is 11.4 Å². The van der Waals surface area contributed by atoms with E-state index in [0.717, 1.165) is 172 Å². The van der Waals surface area contributed by atoms with E-state index in [1.807, 2.05) is 88.3 Å². The van der Waals surface area contributed by atoms with Gasteiger partial charge in [0.2, 0.25) is 11.8 Å². The number of piperidine rings is 1. The fourth-order valence-electron chi connectivity index (χ4n) is 15.5. The van der Waals surface area contributed by atoms with Gasteiger partial charge >= 0.3 is 0 Å². The van der Waals surface area contributed by atoms with Gasteiger partial charge in [0.25, 0.3) is 5.91 Å². The van der Waals surface area contributed by atoms with Gasteiger partial charge in [-0.1, -0.05) is 119 Å². The monoisotopic (exact) mass is 1410 g/mol. The number of halogens is 1. The van der Waals surface area contributed by atoms with E-state index in [-0.39, 0.29) is 84.9 Å². The number of rotatable bonds is 28. The topological polar surface area (TPSA) is 180 Å². The lowest BCUT2D eigenvalue weighted by Gasteiger charge is -2.44. The first-order valence-corrected chi connectivity index (χ1v) is 38.5. The van der Waals surface area contributed by atoms with Gasteiger partial charge in [-0.15, -0.1) is 23.1 Å². The zero-order valence-corrected chi connectivity index (χ0v) is 62.1. The van der Waals surface area contributed by atoms with Gasteiger partial charge in [0.05, 0.1) is 47.9 Å². The van der Waals surface area contributed by atoms with Crippen molar-refractivity contribution in [1.29, 1.82) is 0 Å². The molecular formula is C81H104ClN9O7S2. The molecule has 100 heavy (non-hydrogen) atoms. The SMILES string of the molecule is Cc1cc(CNC(=O)c2ccc(N3CCN(CC4=C(c5ccc(Cl)cc5)CCC(C)(CN5CCC[C@H](NC(=O)CC(=O)C[C@H](C(=O)N6C[C@H](O)CC6C(=O)C[C@@H](C)c6ccc(-c7scnc7C)cc6)C(C)(C)C)C5)C4)CC3)cc2)ccc1N[C@H](CCN1CCOCC1)CSc1ccccc1. The van der Waals surface area contributed by atoms with Crippen LogP contribution in [0.3, 0.4) is 0 Å². The molecule has 1 aromatic heterocycles. The smallest absolute Gasteiger partial charge is 0.251 e. The first kappa shape index (κ1) is 74.4. The Morgan fingerprint density at radius 1 is 0.830 bits per heavy atom. The molecule has 0 saturated carbocycles. The number of ketones is 2. The molecule has 7 atom stereocenters. The maximum absolute atomic E-state index is 14.6. The van der Waals surface area contributed by atoms with Crippen LogP contribution >= 0.6 is 34.7 Å². The van der Waals surface area contributed by atoms with Crippen molar-refractivity contribution >= 4 is 80.9 Å². The standard InChI is InChI=1S/C81H104ClN9O7S2/c1-55(59-16-18-61(19-17-59)77-57(3)84-54-100-77)43-75(94)74-45-69(93)51-91(74)79(97)72(80(4,5)6)44-68(92)46-76(95)86-65-12-11-32-89(50-65)53-81(7)31-29-71(60-20-24-64(82)25-21-60)63(47-81)49-88-34-36-90(37-35-88)67-26-22-62(23-27-67)78(96)83-48-58-15-28-73(56(2)42-58)85-66(30-33-87-38-40-98-41-39-87)52-99-70-13-9-8-10-14-70/h8-10,13-28,42,54-55,65-66,69,72,74,85,93H,11-12,29-41,43-53H2,1-7H3,(H,83,96)(H,86,95)/t55-,65+,66-,69-,72-,74?,81?/m1/s1. The van der Waals surface area contributed by atoms with Crippen LogP contribution in [0.5, 0.6) is 0 Å². The number of amides is 3. The van der Waals surface area contributed by atoms with Gasteiger partial charge in [0.15, 0.2) is 5.78 Å². The van der Waals surface area contributed by atoms with E-state index in [2.05, 4.69) is 139 Å². The summed E-state index contributed by atoms with van der Waals surface area (Å²) in [6.45, 7) is 26.3. The number of aliphatic hydroxyl groups excluding tert-OH is 1. The van der Waals surface area contributed by atoms with Crippen LogP contribution in [-0.2, 0) is 30.5 Å². The summed E-state index contributed by atoms with van der Waals surface area (Å²) in [6, 6.07) is 41.0. The Morgan fingerprint density at radius 3 is 2.26 bits per heavy atom. The molecule has 0 spiro atoms. The van der Waals surface area contributed by atoms with E-state index < -0.39 is 23.5 Å². The molecule has 2 unspecified atom stereocenters. The van der Waals surface area contributed by atoms with Gasteiger partial charge < -0.3 is 40.5 Å². The van der Waals surface area contributed by atoms with Crippen molar-refractivity contribution in [3.05, 3.63) is 171 Å². The first-order chi connectivity index (χ1) is 48.1. The van der Waals surface area contributed by atoms with Crippen LogP contribution in [0.15, 0.2) is 137 Å².